The number of ether oxygens (including phenoxy) is 1. The molecule has 1 saturated heterocycles. The minimum absolute atomic E-state index is 0.0119. The average molecular weight is 249 g/mol. The van der Waals surface area contributed by atoms with Crippen LogP contribution < -0.4 is 0 Å². The van der Waals surface area contributed by atoms with E-state index in [0.29, 0.717) is 13.2 Å². The summed E-state index contributed by atoms with van der Waals surface area (Å²) in [7, 11) is 1.80. The zero-order valence-corrected chi connectivity index (χ0v) is 10.8. The van der Waals surface area contributed by atoms with Crippen LogP contribution in [0.5, 0.6) is 5.75 Å². The molecule has 2 rings (SSSR count). The Bertz CT molecular complexity index is 416. The molecule has 0 radical (unpaired) electrons. The van der Waals surface area contributed by atoms with Gasteiger partial charge in [-0.2, -0.15) is 0 Å². The van der Waals surface area contributed by atoms with Gasteiger partial charge >= 0.3 is 0 Å². The Balaban J connectivity index is 1.93. The lowest BCUT2D eigenvalue weighted by Gasteiger charge is -2.20. The number of hydrogen-bond acceptors (Lipinski definition) is 3. The van der Waals surface area contributed by atoms with Gasteiger partial charge in [0.05, 0.1) is 18.6 Å². The van der Waals surface area contributed by atoms with Crippen LogP contribution in [0.1, 0.15) is 18.9 Å². The van der Waals surface area contributed by atoms with E-state index in [-0.39, 0.29) is 23.7 Å². The third kappa shape index (κ3) is 3.01. The number of aromatic hydroxyl groups is 1. The van der Waals surface area contributed by atoms with Crippen molar-refractivity contribution in [3.05, 3.63) is 29.8 Å². The lowest BCUT2D eigenvalue weighted by atomic mass is 10.0. The molecule has 1 fully saturated rings. The summed E-state index contributed by atoms with van der Waals surface area (Å²) in [5, 5.41) is 9.20. The van der Waals surface area contributed by atoms with Crippen molar-refractivity contribution in [2.75, 3.05) is 13.7 Å². The standard InChI is InChI=1S/C14H19NO3/c1-10-7-12(9-18-10)14(17)15(2)8-11-3-5-13(16)6-4-11/h3-6,10,12,16H,7-9H2,1-2H3. The number of amides is 1. The molecule has 2 unspecified atom stereocenters. The number of carbonyl (C=O) groups excluding carboxylic acids is 1. The molecule has 98 valence electrons. The fourth-order valence-electron chi connectivity index (χ4n) is 2.25. The van der Waals surface area contributed by atoms with Crippen LogP contribution in [0.15, 0.2) is 24.3 Å². The maximum atomic E-state index is 12.2. The lowest BCUT2D eigenvalue weighted by molar-refractivity contribution is -0.134. The number of phenolic OH excluding ortho intramolecular Hbond substituents is 1. The van der Waals surface area contributed by atoms with Gasteiger partial charge in [0.15, 0.2) is 0 Å². The molecule has 2 atom stereocenters. The van der Waals surface area contributed by atoms with Gasteiger partial charge in [0.1, 0.15) is 5.75 Å². The van der Waals surface area contributed by atoms with Gasteiger partial charge in [-0.15, -0.1) is 0 Å². The lowest BCUT2D eigenvalue weighted by Crippen LogP contribution is -2.32. The summed E-state index contributed by atoms with van der Waals surface area (Å²) in [5.74, 6) is 0.361. The molecule has 4 heteroatoms. The third-order valence-corrected chi connectivity index (χ3v) is 3.28. The summed E-state index contributed by atoms with van der Waals surface area (Å²) < 4.78 is 5.42. The summed E-state index contributed by atoms with van der Waals surface area (Å²) in [5.41, 5.74) is 1.01. The van der Waals surface area contributed by atoms with Crippen LogP contribution in [0.25, 0.3) is 0 Å². The second kappa shape index (κ2) is 5.40. The molecule has 1 aliphatic rings. The normalized spacial score (nSPS) is 23.0. The number of hydrogen-bond donors (Lipinski definition) is 1. The van der Waals surface area contributed by atoms with Crippen LogP contribution in [0.2, 0.25) is 0 Å². The Kier molecular flexibility index (Phi) is 3.87. The minimum Gasteiger partial charge on any atom is -0.508 e. The van der Waals surface area contributed by atoms with Crippen LogP contribution in [0.4, 0.5) is 0 Å². The van der Waals surface area contributed by atoms with Gasteiger partial charge in [0.25, 0.3) is 0 Å². The van der Waals surface area contributed by atoms with E-state index in [1.165, 1.54) is 0 Å². The molecule has 4 nitrogen and oxygen atoms in total. The smallest absolute Gasteiger partial charge is 0.228 e. The molecule has 0 saturated carbocycles. The van der Waals surface area contributed by atoms with Crippen LogP contribution in [-0.4, -0.2) is 35.7 Å². The van der Waals surface area contributed by atoms with Gasteiger partial charge in [-0.05, 0) is 31.0 Å². The highest BCUT2D eigenvalue weighted by atomic mass is 16.5. The molecule has 0 aliphatic carbocycles. The van der Waals surface area contributed by atoms with Crippen molar-refractivity contribution in [2.24, 2.45) is 5.92 Å². The largest absolute Gasteiger partial charge is 0.508 e. The first-order chi connectivity index (χ1) is 8.56. The number of carbonyl (C=O) groups is 1. The zero-order valence-electron chi connectivity index (χ0n) is 10.8. The Morgan fingerprint density at radius 3 is 2.67 bits per heavy atom. The maximum Gasteiger partial charge on any atom is 0.228 e. The Morgan fingerprint density at radius 1 is 1.44 bits per heavy atom. The maximum absolute atomic E-state index is 12.2. The van der Waals surface area contributed by atoms with E-state index in [9.17, 15) is 9.90 Å². The zero-order chi connectivity index (χ0) is 13.1. The van der Waals surface area contributed by atoms with Gasteiger partial charge < -0.3 is 14.7 Å². The monoisotopic (exact) mass is 249 g/mol. The molecule has 1 heterocycles. The van der Waals surface area contributed by atoms with Gasteiger partial charge in [-0.25, -0.2) is 0 Å². The minimum atomic E-state index is -0.0119. The SMILES string of the molecule is CC1CC(C(=O)N(C)Cc2ccc(O)cc2)CO1. The molecular weight excluding hydrogens is 230 g/mol. The van der Waals surface area contributed by atoms with Gasteiger partial charge in [0.2, 0.25) is 5.91 Å². The topological polar surface area (TPSA) is 49.8 Å². The first-order valence-electron chi connectivity index (χ1n) is 6.20. The van der Waals surface area contributed by atoms with E-state index < -0.39 is 0 Å². The molecule has 18 heavy (non-hydrogen) atoms. The highest BCUT2D eigenvalue weighted by Gasteiger charge is 2.30. The Labute approximate surface area is 107 Å². The van der Waals surface area contributed by atoms with Crippen LogP contribution in [0, 0.1) is 5.92 Å². The van der Waals surface area contributed by atoms with E-state index >= 15 is 0 Å². The Morgan fingerprint density at radius 2 is 2.11 bits per heavy atom. The summed E-state index contributed by atoms with van der Waals surface area (Å²) in [6.45, 7) is 3.08. The molecule has 1 amide bonds. The van der Waals surface area contributed by atoms with Gasteiger partial charge in [0, 0.05) is 13.6 Å². The van der Waals surface area contributed by atoms with Gasteiger partial charge in [-0.1, -0.05) is 12.1 Å². The number of benzene rings is 1. The van der Waals surface area contributed by atoms with Crippen molar-refractivity contribution >= 4 is 5.91 Å². The molecule has 1 N–H and O–H groups in total. The average Bonchev–Trinajstić information content (AvgIpc) is 2.78. The number of nitrogens with zero attached hydrogens (tertiary/aromatic N) is 1. The molecule has 1 aromatic carbocycles. The molecule has 0 spiro atoms. The van der Waals surface area contributed by atoms with Crippen molar-refractivity contribution < 1.29 is 14.6 Å². The van der Waals surface area contributed by atoms with Crippen molar-refractivity contribution in [3.63, 3.8) is 0 Å². The summed E-state index contributed by atoms with van der Waals surface area (Å²) in [6.07, 6.45) is 0.986. The molecule has 1 aliphatic heterocycles. The fraction of sp³-hybridized carbons (Fsp3) is 0.500. The van der Waals surface area contributed by atoms with E-state index in [4.69, 9.17) is 4.74 Å². The predicted octanol–water partition coefficient (Wildman–Crippen LogP) is 1.78. The Hall–Kier alpha value is -1.55. The summed E-state index contributed by atoms with van der Waals surface area (Å²) >= 11 is 0. The first-order valence-corrected chi connectivity index (χ1v) is 6.20. The fourth-order valence-corrected chi connectivity index (χ4v) is 2.25. The molecule has 0 bridgehead atoms. The molecular formula is C14H19NO3. The van der Waals surface area contributed by atoms with Crippen molar-refractivity contribution in [3.8, 4) is 5.75 Å². The second-order valence-corrected chi connectivity index (χ2v) is 4.94. The van der Waals surface area contributed by atoms with E-state index in [2.05, 4.69) is 0 Å². The van der Waals surface area contributed by atoms with Crippen LogP contribution in [-0.2, 0) is 16.1 Å². The van der Waals surface area contributed by atoms with Gasteiger partial charge in [-0.3, -0.25) is 4.79 Å². The quantitative estimate of drug-likeness (QED) is 0.888. The summed E-state index contributed by atoms with van der Waals surface area (Å²) in [4.78, 5) is 13.9. The predicted molar refractivity (Wildman–Crippen MR) is 68.1 cm³/mol. The van der Waals surface area contributed by atoms with Crippen LogP contribution >= 0.6 is 0 Å². The van der Waals surface area contributed by atoms with E-state index in [1.807, 2.05) is 19.1 Å². The second-order valence-electron chi connectivity index (χ2n) is 4.94. The van der Waals surface area contributed by atoms with Crippen molar-refractivity contribution in [1.82, 2.24) is 4.90 Å². The molecule has 1 aromatic rings. The van der Waals surface area contributed by atoms with Crippen molar-refractivity contribution in [1.29, 1.82) is 0 Å². The van der Waals surface area contributed by atoms with Crippen LogP contribution in [0.3, 0.4) is 0 Å². The van der Waals surface area contributed by atoms with E-state index in [1.54, 1.807) is 24.1 Å². The first kappa shape index (κ1) is 12.9. The summed E-state index contributed by atoms with van der Waals surface area (Å²) in [6, 6.07) is 6.92. The van der Waals surface area contributed by atoms with Crippen molar-refractivity contribution in [2.45, 2.75) is 26.0 Å². The highest BCUT2D eigenvalue weighted by molar-refractivity contribution is 5.79. The van der Waals surface area contributed by atoms with E-state index in [0.717, 1.165) is 12.0 Å². The number of rotatable bonds is 3. The third-order valence-electron chi connectivity index (χ3n) is 3.28. The highest BCUT2D eigenvalue weighted by Crippen LogP contribution is 2.21. The molecule has 0 aromatic heterocycles. The number of phenols is 1.